The summed E-state index contributed by atoms with van der Waals surface area (Å²) in [7, 11) is 1.24. The maximum Gasteiger partial charge on any atom is 0.340 e. The van der Waals surface area contributed by atoms with Gasteiger partial charge < -0.3 is 9.47 Å². The largest absolute Gasteiger partial charge is 0.465 e. The first-order valence-corrected chi connectivity index (χ1v) is 10.3. The number of carbonyl (C=O) groups is 2. The van der Waals surface area contributed by atoms with E-state index in [2.05, 4.69) is 0 Å². The van der Waals surface area contributed by atoms with Crippen LogP contribution < -0.4 is 9.64 Å². The molecule has 1 aliphatic rings. The number of rotatable bonds is 6. The Labute approximate surface area is 195 Å². The van der Waals surface area contributed by atoms with Crippen LogP contribution in [-0.2, 0) is 14.3 Å². The number of anilines is 1. The van der Waals surface area contributed by atoms with Crippen molar-refractivity contribution >= 4 is 29.3 Å². The third-order valence-electron chi connectivity index (χ3n) is 5.26. The number of methoxy groups -OCH3 is 1. The third-order valence-corrected chi connectivity index (χ3v) is 5.26. The van der Waals surface area contributed by atoms with Crippen LogP contribution in [0.2, 0.25) is 0 Å². The maximum absolute atomic E-state index is 13.4. The van der Waals surface area contributed by atoms with Gasteiger partial charge in [0.05, 0.1) is 23.2 Å². The van der Waals surface area contributed by atoms with Gasteiger partial charge in [-0.15, -0.1) is 0 Å². The zero-order valence-corrected chi connectivity index (χ0v) is 18.4. The molecule has 1 heterocycles. The Hall–Kier alpha value is -4.72. The highest BCUT2D eigenvalue weighted by atomic mass is 16.6. The van der Waals surface area contributed by atoms with E-state index in [4.69, 9.17) is 9.47 Å². The molecule has 8 heteroatoms. The van der Waals surface area contributed by atoms with E-state index in [1.165, 1.54) is 36.3 Å². The normalized spacial score (nSPS) is 14.5. The Kier molecular flexibility index (Phi) is 6.22. The summed E-state index contributed by atoms with van der Waals surface area (Å²) in [6, 6.07) is 21.9. The Morgan fingerprint density at radius 3 is 2.29 bits per heavy atom. The molecule has 0 fully saturated rings. The molecule has 0 unspecified atom stereocenters. The first-order chi connectivity index (χ1) is 16.4. The van der Waals surface area contributed by atoms with E-state index in [-0.39, 0.29) is 16.8 Å². The van der Waals surface area contributed by atoms with E-state index in [1.54, 1.807) is 37.3 Å². The van der Waals surface area contributed by atoms with Crippen molar-refractivity contribution in [2.45, 2.75) is 6.92 Å². The minimum atomic E-state index is -0.654. The van der Waals surface area contributed by atoms with Crippen LogP contribution in [0.3, 0.4) is 0 Å². The van der Waals surface area contributed by atoms with Crippen LogP contribution >= 0.6 is 0 Å². The minimum absolute atomic E-state index is 0.101. The van der Waals surface area contributed by atoms with Crippen molar-refractivity contribution < 1.29 is 24.0 Å². The molecule has 0 saturated carbocycles. The van der Waals surface area contributed by atoms with E-state index in [0.717, 1.165) is 0 Å². The van der Waals surface area contributed by atoms with Crippen molar-refractivity contribution in [3.8, 4) is 11.5 Å². The summed E-state index contributed by atoms with van der Waals surface area (Å²) >= 11 is 0. The number of hydrogen-bond donors (Lipinski definition) is 0. The quantitative estimate of drug-likeness (QED) is 0.217. The summed E-state index contributed by atoms with van der Waals surface area (Å²) in [5.41, 5.74) is 1.60. The molecule has 0 bridgehead atoms. The van der Waals surface area contributed by atoms with Gasteiger partial charge >= 0.3 is 5.97 Å². The molecule has 34 heavy (non-hydrogen) atoms. The molecule has 3 aromatic carbocycles. The summed E-state index contributed by atoms with van der Waals surface area (Å²) in [6.07, 6.45) is 1.60. The predicted molar refractivity (Wildman–Crippen MR) is 126 cm³/mol. The molecule has 0 radical (unpaired) electrons. The number of non-ortho nitro benzene ring substituents is 1. The number of esters is 1. The second kappa shape index (κ2) is 9.41. The minimum Gasteiger partial charge on any atom is -0.465 e. The van der Waals surface area contributed by atoms with Gasteiger partial charge in [-0.1, -0.05) is 30.3 Å². The van der Waals surface area contributed by atoms with Crippen molar-refractivity contribution in [3.63, 3.8) is 0 Å². The highest BCUT2D eigenvalue weighted by Gasteiger charge is 2.38. The lowest BCUT2D eigenvalue weighted by molar-refractivity contribution is -0.384. The molecule has 0 N–H and O–H groups in total. The molecule has 1 aliphatic heterocycles. The molecular formula is C26H20N2O6. The van der Waals surface area contributed by atoms with Gasteiger partial charge in [-0.2, -0.15) is 0 Å². The predicted octanol–water partition coefficient (Wildman–Crippen LogP) is 5.26. The summed E-state index contributed by atoms with van der Waals surface area (Å²) in [5.74, 6) is 0.137. The van der Waals surface area contributed by atoms with Gasteiger partial charge in [0.25, 0.3) is 11.6 Å². The van der Waals surface area contributed by atoms with Crippen LogP contribution in [0, 0.1) is 10.1 Å². The fourth-order valence-corrected chi connectivity index (χ4v) is 3.67. The zero-order chi connectivity index (χ0) is 24.2. The molecule has 8 nitrogen and oxygen atoms in total. The molecule has 0 aromatic heterocycles. The number of para-hydroxylation sites is 1. The van der Waals surface area contributed by atoms with Gasteiger partial charge in [-0.05, 0) is 55.0 Å². The maximum atomic E-state index is 13.4. The lowest BCUT2D eigenvalue weighted by Crippen LogP contribution is -2.24. The topological polar surface area (TPSA) is 99.0 Å². The molecule has 3 aromatic rings. The summed E-state index contributed by atoms with van der Waals surface area (Å²) in [4.78, 5) is 37.8. The Balaban J connectivity index is 1.72. The number of carbonyl (C=O) groups excluding carboxylic acids is 2. The molecule has 0 aliphatic carbocycles. The van der Waals surface area contributed by atoms with E-state index in [9.17, 15) is 19.7 Å². The summed E-state index contributed by atoms with van der Waals surface area (Å²) in [5, 5.41) is 11.0. The molecule has 0 spiro atoms. The van der Waals surface area contributed by atoms with Crippen LogP contribution in [0.1, 0.15) is 12.5 Å². The van der Waals surface area contributed by atoms with Gasteiger partial charge in [-0.25, -0.2) is 4.79 Å². The van der Waals surface area contributed by atoms with Crippen LogP contribution in [0.5, 0.6) is 11.5 Å². The van der Waals surface area contributed by atoms with Crippen molar-refractivity contribution in [1.82, 2.24) is 0 Å². The molecule has 0 saturated heterocycles. The fraction of sp³-hybridized carbons (Fsp3) is 0.0769. The van der Waals surface area contributed by atoms with Crippen molar-refractivity contribution in [2.75, 3.05) is 12.0 Å². The van der Waals surface area contributed by atoms with E-state index >= 15 is 0 Å². The van der Waals surface area contributed by atoms with E-state index in [1.807, 2.05) is 30.3 Å². The number of hydrogen-bond acceptors (Lipinski definition) is 6. The second-order valence-electron chi connectivity index (χ2n) is 7.41. The Bertz CT molecular complexity index is 1330. The average molecular weight is 456 g/mol. The zero-order valence-electron chi connectivity index (χ0n) is 18.4. The number of nitrogens with zero attached hydrogens (tertiary/aromatic N) is 2. The van der Waals surface area contributed by atoms with Gasteiger partial charge in [-0.3, -0.25) is 19.8 Å². The first-order valence-electron chi connectivity index (χ1n) is 10.3. The van der Waals surface area contributed by atoms with Gasteiger partial charge in [0, 0.05) is 23.5 Å². The van der Waals surface area contributed by atoms with Crippen molar-refractivity contribution in [1.29, 1.82) is 0 Å². The van der Waals surface area contributed by atoms with Gasteiger partial charge in [0.2, 0.25) is 0 Å². The molecule has 0 atom stereocenters. The fourth-order valence-electron chi connectivity index (χ4n) is 3.67. The number of nitro groups is 1. The SMILES string of the molecule is COC(=O)C1=C(C)N(c2ccc([N+](=O)[O-])cc2)C(=O)/C1=C\c1cccc(Oc2ccccc2)c1. The Morgan fingerprint density at radius 1 is 0.971 bits per heavy atom. The van der Waals surface area contributed by atoms with Gasteiger partial charge in [0.15, 0.2) is 0 Å². The van der Waals surface area contributed by atoms with E-state index < -0.39 is 16.8 Å². The number of benzene rings is 3. The summed E-state index contributed by atoms with van der Waals surface area (Å²) < 4.78 is 10.8. The smallest absolute Gasteiger partial charge is 0.340 e. The molecule has 4 rings (SSSR count). The van der Waals surface area contributed by atoms with Crippen LogP contribution in [-0.4, -0.2) is 23.9 Å². The molecule has 170 valence electrons. The molecular weight excluding hydrogens is 436 g/mol. The molecule has 1 amide bonds. The van der Waals surface area contributed by atoms with Crippen LogP contribution in [0.25, 0.3) is 6.08 Å². The lowest BCUT2D eigenvalue weighted by Gasteiger charge is -2.17. The summed E-state index contributed by atoms with van der Waals surface area (Å²) in [6.45, 7) is 1.63. The number of ether oxygens (including phenoxy) is 2. The average Bonchev–Trinajstić information content (AvgIpc) is 3.08. The van der Waals surface area contributed by atoms with Crippen LogP contribution in [0.15, 0.2) is 95.7 Å². The third kappa shape index (κ3) is 4.42. The number of amides is 1. The Morgan fingerprint density at radius 2 is 1.65 bits per heavy atom. The highest BCUT2D eigenvalue weighted by molar-refractivity contribution is 6.23. The number of nitro benzene ring substituents is 1. The highest BCUT2D eigenvalue weighted by Crippen LogP contribution is 2.36. The standard InChI is InChI=1S/C26H20N2O6/c1-17-24(26(30)33-2)23(25(29)27(17)19-11-13-20(14-12-19)28(31)32)16-18-7-6-10-22(15-18)34-21-8-4-3-5-9-21/h3-16H,1-2H3/b23-16-. The lowest BCUT2D eigenvalue weighted by atomic mass is 10.0. The second-order valence-corrected chi connectivity index (χ2v) is 7.41. The van der Waals surface area contributed by atoms with Gasteiger partial charge in [0.1, 0.15) is 11.5 Å². The van der Waals surface area contributed by atoms with Crippen molar-refractivity contribution in [2.24, 2.45) is 0 Å². The number of allylic oxidation sites excluding steroid dienone is 1. The van der Waals surface area contributed by atoms with E-state index in [0.29, 0.717) is 28.4 Å². The first kappa shape index (κ1) is 22.5. The van der Waals surface area contributed by atoms with Crippen molar-refractivity contribution in [3.05, 3.63) is 111 Å². The monoisotopic (exact) mass is 456 g/mol. The van der Waals surface area contributed by atoms with Crippen LogP contribution in [0.4, 0.5) is 11.4 Å².